The van der Waals surface area contributed by atoms with E-state index in [-0.39, 0.29) is 12.1 Å². The van der Waals surface area contributed by atoms with E-state index in [0.29, 0.717) is 0 Å². The summed E-state index contributed by atoms with van der Waals surface area (Å²) in [4.78, 5) is 11.0. The third-order valence-electron chi connectivity index (χ3n) is 0.701. The fourth-order valence-electron chi connectivity index (χ4n) is 0.318. The number of hydrogen-bond donors (Lipinski definition) is 0. The van der Waals surface area contributed by atoms with Gasteiger partial charge in [0.05, 0.1) is 6.10 Å². The monoisotopic (exact) mass is 272 g/mol. The van der Waals surface area contributed by atoms with Gasteiger partial charge in [0.2, 0.25) is 0 Å². The van der Waals surface area contributed by atoms with Gasteiger partial charge in [-0.25, -0.2) is 4.79 Å². The maximum Gasteiger partial charge on any atom is 0.333 e. The van der Waals surface area contributed by atoms with Crippen molar-refractivity contribution in [3.05, 3.63) is 0 Å². The SMILES string of the molecule is CC(C)OC(=O)C(C)(Br)Br. The number of esters is 1. The number of ether oxygens (including phenoxy) is 1. The van der Waals surface area contributed by atoms with Crippen LogP contribution in [0.3, 0.4) is 0 Å². The molecule has 0 aromatic carbocycles. The number of carbonyl (C=O) groups excluding carboxylic acids is 1. The van der Waals surface area contributed by atoms with Crippen LogP contribution in [0.5, 0.6) is 0 Å². The summed E-state index contributed by atoms with van der Waals surface area (Å²) in [5.74, 6) is -0.303. The second-order valence-corrected chi connectivity index (χ2v) is 6.58. The highest BCUT2D eigenvalue weighted by Crippen LogP contribution is 2.26. The molecule has 0 atom stereocenters. The van der Waals surface area contributed by atoms with Crippen LogP contribution in [0.4, 0.5) is 0 Å². The van der Waals surface area contributed by atoms with Crippen LogP contribution in [-0.4, -0.2) is 15.3 Å². The lowest BCUT2D eigenvalue weighted by molar-refractivity contribution is -0.146. The topological polar surface area (TPSA) is 26.3 Å². The van der Waals surface area contributed by atoms with Gasteiger partial charge in [0.15, 0.2) is 3.23 Å². The predicted molar refractivity (Wildman–Crippen MR) is 47.5 cm³/mol. The average molecular weight is 274 g/mol. The molecule has 0 saturated heterocycles. The molecule has 0 radical (unpaired) electrons. The molecule has 0 fully saturated rings. The zero-order valence-electron chi connectivity index (χ0n) is 6.15. The molecule has 0 aromatic rings. The first-order chi connectivity index (χ1) is 4.34. The Morgan fingerprint density at radius 3 is 2.00 bits per heavy atom. The Bertz CT molecular complexity index is 126. The number of hydrogen-bond acceptors (Lipinski definition) is 2. The summed E-state index contributed by atoms with van der Waals surface area (Å²) < 4.78 is 4.14. The summed E-state index contributed by atoms with van der Waals surface area (Å²) in [6.07, 6.45) is -0.0677. The highest BCUT2D eigenvalue weighted by molar-refractivity contribution is 9.25. The summed E-state index contributed by atoms with van der Waals surface area (Å²) in [5, 5.41) is 0. The van der Waals surface area contributed by atoms with Crippen LogP contribution in [0.1, 0.15) is 20.8 Å². The van der Waals surface area contributed by atoms with E-state index < -0.39 is 3.23 Å². The Kier molecular flexibility index (Phi) is 3.88. The Balaban J connectivity index is 3.87. The van der Waals surface area contributed by atoms with Crippen molar-refractivity contribution in [3.8, 4) is 0 Å². The fraction of sp³-hybridized carbons (Fsp3) is 0.833. The fourth-order valence-corrected chi connectivity index (χ4v) is 0.504. The van der Waals surface area contributed by atoms with E-state index in [0.717, 1.165) is 0 Å². The van der Waals surface area contributed by atoms with Gasteiger partial charge in [0.1, 0.15) is 0 Å². The lowest BCUT2D eigenvalue weighted by Gasteiger charge is -2.15. The van der Waals surface area contributed by atoms with Crippen molar-refractivity contribution in [1.82, 2.24) is 0 Å². The first-order valence-electron chi connectivity index (χ1n) is 2.93. The molecule has 0 aromatic heterocycles. The lowest BCUT2D eigenvalue weighted by Crippen LogP contribution is -2.26. The number of carbonyl (C=O) groups is 1. The highest BCUT2D eigenvalue weighted by Gasteiger charge is 2.28. The quantitative estimate of drug-likeness (QED) is 0.571. The molecule has 0 unspecified atom stereocenters. The van der Waals surface area contributed by atoms with Gasteiger partial charge in [0.25, 0.3) is 0 Å². The van der Waals surface area contributed by atoms with E-state index >= 15 is 0 Å². The van der Waals surface area contributed by atoms with Gasteiger partial charge in [-0.2, -0.15) is 0 Å². The maximum atomic E-state index is 11.0. The van der Waals surface area contributed by atoms with E-state index in [1.165, 1.54) is 0 Å². The van der Waals surface area contributed by atoms with Crippen molar-refractivity contribution in [2.75, 3.05) is 0 Å². The molecule has 0 spiro atoms. The predicted octanol–water partition coefficient (Wildman–Crippen LogP) is 2.44. The molecular formula is C6H10Br2O2. The molecule has 0 aliphatic carbocycles. The van der Waals surface area contributed by atoms with Gasteiger partial charge in [0, 0.05) is 0 Å². The minimum Gasteiger partial charge on any atom is -0.461 e. The molecule has 0 aliphatic heterocycles. The van der Waals surface area contributed by atoms with Crippen molar-refractivity contribution in [1.29, 1.82) is 0 Å². The second-order valence-electron chi connectivity index (χ2n) is 2.34. The van der Waals surface area contributed by atoms with Crippen molar-refractivity contribution in [2.24, 2.45) is 0 Å². The standard InChI is InChI=1S/C6H10Br2O2/c1-4(2)10-5(9)6(3,7)8/h4H,1-3H3. The van der Waals surface area contributed by atoms with Crippen LogP contribution in [0.15, 0.2) is 0 Å². The first kappa shape index (κ1) is 10.4. The Morgan fingerprint density at radius 1 is 1.50 bits per heavy atom. The molecule has 0 amide bonds. The molecular weight excluding hydrogens is 264 g/mol. The summed E-state index contributed by atoms with van der Waals surface area (Å²) >= 11 is 6.23. The summed E-state index contributed by atoms with van der Waals surface area (Å²) in [7, 11) is 0. The summed E-state index contributed by atoms with van der Waals surface area (Å²) in [5.41, 5.74) is 0. The van der Waals surface area contributed by atoms with Crippen LogP contribution in [-0.2, 0) is 9.53 Å². The lowest BCUT2D eigenvalue weighted by atomic mass is 10.4. The van der Waals surface area contributed by atoms with Gasteiger partial charge in [-0.05, 0) is 20.8 Å². The number of rotatable bonds is 2. The molecule has 0 N–H and O–H groups in total. The van der Waals surface area contributed by atoms with Crippen LogP contribution in [0.2, 0.25) is 0 Å². The van der Waals surface area contributed by atoms with E-state index in [1.54, 1.807) is 6.92 Å². The molecule has 2 nitrogen and oxygen atoms in total. The molecule has 0 bridgehead atoms. The molecule has 0 heterocycles. The van der Waals surface area contributed by atoms with Gasteiger partial charge in [-0.3, -0.25) is 0 Å². The van der Waals surface area contributed by atoms with E-state index in [9.17, 15) is 4.79 Å². The average Bonchev–Trinajstić information content (AvgIpc) is 1.60. The first-order valence-corrected chi connectivity index (χ1v) is 4.51. The van der Waals surface area contributed by atoms with Gasteiger partial charge >= 0.3 is 5.97 Å². The Hall–Kier alpha value is 0.430. The van der Waals surface area contributed by atoms with Crippen molar-refractivity contribution in [2.45, 2.75) is 30.1 Å². The molecule has 0 rings (SSSR count). The Labute approximate surface area is 77.6 Å². The van der Waals surface area contributed by atoms with Crippen LogP contribution in [0.25, 0.3) is 0 Å². The number of alkyl halides is 2. The van der Waals surface area contributed by atoms with Crippen LogP contribution in [0, 0.1) is 0 Å². The minimum atomic E-state index is -0.746. The zero-order valence-corrected chi connectivity index (χ0v) is 9.32. The van der Waals surface area contributed by atoms with Gasteiger partial charge < -0.3 is 4.74 Å². The third kappa shape index (κ3) is 4.28. The summed E-state index contributed by atoms with van der Waals surface area (Å²) in [6.45, 7) is 5.30. The second kappa shape index (κ2) is 3.72. The van der Waals surface area contributed by atoms with Crippen molar-refractivity contribution in [3.63, 3.8) is 0 Å². The normalized spacial score (nSPS) is 11.8. The number of halogens is 2. The smallest absolute Gasteiger partial charge is 0.333 e. The van der Waals surface area contributed by atoms with Crippen LogP contribution >= 0.6 is 31.9 Å². The third-order valence-corrected chi connectivity index (χ3v) is 1.35. The largest absolute Gasteiger partial charge is 0.461 e. The highest BCUT2D eigenvalue weighted by atomic mass is 79.9. The Morgan fingerprint density at radius 2 is 1.90 bits per heavy atom. The summed E-state index contributed by atoms with van der Waals surface area (Å²) in [6, 6.07) is 0. The zero-order chi connectivity index (χ0) is 8.36. The minimum absolute atomic E-state index is 0.0677. The van der Waals surface area contributed by atoms with Crippen molar-refractivity contribution < 1.29 is 9.53 Å². The van der Waals surface area contributed by atoms with Gasteiger partial charge in [-0.15, -0.1) is 0 Å². The maximum absolute atomic E-state index is 11.0. The molecule has 0 saturated carbocycles. The van der Waals surface area contributed by atoms with Gasteiger partial charge in [-0.1, -0.05) is 31.9 Å². The molecule has 60 valence electrons. The molecule has 10 heavy (non-hydrogen) atoms. The van der Waals surface area contributed by atoms with Crippen LogP contribution < -0.4 is 0 Å². The van der Waals surface area contributed by atoms with E-state index in [2.05, 4.69) is 31.9 Å². The molecule has 4 heteroatoms. The van der Waals surface area contributed by atoms with Crippen molar-refractivity contribution >= 4 is 37.8 Å². The molecule has 0 aliphatic rings. The van der Waals surface area contributed by atoms with E-state index in [4.69, 9.17) is 4.74 Å². The van der Waals surface area contributed by atoms with E-state index in [1.807, 2.05) is 13.8 Å².